The second-order valence-electron chi connectivity index (χ2n) is 6.77. The molecule has 0 aromatic heterocycles. The first-order chi connectivity index (χ1) is 15.5. The van der Waals surface area contributed by atoms with Crippen LogP contribution in [0.25, 0.3) is 12.2 Å². The van der Waals surface area contributed by atoms with E-state index in [2.05, 4.69) is 5.32 Å². The van der Waals surface area contributed by atoms with E-state index < -0.39 is 5.82 Å². The fourth-order valence-corrected chi connectivity index (χ4v) is 3.07. The lowest BCUT2D eigenvalue weighted by Gasteiger charge is -2.12. The molecule has 3 rings (SSSR count). The fraction of sp³-hybridized carbons (Fsp3) is 0.115. The Hall–Kier alpha value is -4.06. The van der Waals surface area contributed by atoms with Gasteiger partial charge >= 0.3 is 0 Å². The number of anilines is 1. The maximum absolute atomic E-state index is 13.3. The number of methoxy groups -OCH3 is 3. The standard InChI is InChI=1S/C26H24FNO4/c1-30-24-15-19(16-25(31-2)26(24)32-3)11-10-18-6-4-9-22(14-18)28-13-12-23(29)20-7-5-8-21(27)17-20/h4-17,28H,1-3H3/b11-10?,13-12-. The molecular weight excluding hydrogens is 409 g/mol. The highest BCUT2D eigenvalue weighted by molar-refractivity contribution is 6.04. The zero-order chi connectivity index (χ0) is 22.9. The van der Waals surface area contributed by atoms with Gasteiger partial charge in [-0.05, 0) is 47.5 Å². The molecule has 3 aromatic rings. The first-order valence-electron chi connectivity index (χ1n) is 9.85. The molecule has 6 heteroatoms. The second-order valence-corrected chi connectivity index (χ2v) is 6.77. The van der Waals surface area contributed by atoms with Crippen LogP contribution in [0.5, 0.6) is 17.2 Å². The molecule has 0 saturated heterocycles. The van der Waals surface area contributed by atoms with Gasteiger partial charge in [0.2, 0.25) is 5.75 Å². The molecule has 0 bridgehead atoms. The largest absolute Gasteiger partial charge is 0.493 e. The van der Waals surface area contributed by atoms with Crippen molar-refractivity contribution in [2.24, 2.45) is 0 Å². The zero-order valence-electron chi connectivity index (χ0n) is 18.1. The van der Waals surface area contributed by atoms with Gasteiger partial charge in [0.25, 0.3) is 0 Å². The van der Waals surface area contributed by atoms with Crippen LogP contribution >= 0.6 is 0 Å². The van der Waals surface area contributed by atoms with Crippen molar-refractivity contribution in [2.75, 3.05) is 26.6 Å². The van der Waals surface area contributed by atoms with E-state index in [9.17, 15) is 9.18 Å². The van der Waals surface area contributed by atoms with Crippen LogP contribution in [0.3, 0.4) is 0 Å². The lowest BCUT2D eigenvalue weighted by molar-refractivity contribution is 0.104. The Bertz CT molecular complexity index is 1130. The Kier molecular flexibility index (Phi) is 7.65. The quantitative estimate of drug-likeness (QED) is 0.261. The lowest BCUT2D eigenvalue weighted by Crippen LogP contribution is -1.97. The van der Waals surface area contributed by atoms with Crippen molar-refractivity contribution in [2.45, 2.75) is 0 Å². The summed E-state index contributed by atoms with van der Waals surface area (Å²) in [5.74, 6) is 0.974. The number of ketones is 1. The number of hydrogen-bond donors (Lipinski definition) is 1. The summed E-state index contributed by atoms with van der Waals surface area (Å²) >= 11 is 0. The number of allylic oxidation sites excluding steroid dienone is 1. The number of nitrogens with one attached hydrogen (secondary N) is 1. The highest BCUT2D eigenvalue weighted by Gasteiger charge is 2.12. The van der Waals surface area contributed by atoms with Gasteiger partial charge < -0.3 is 19.5 Å². The van der Waals surface area contributed by atoms with Gasteiger partial charge in [-0.1, -0.05) is 36.4 Å². The smallest absolute Gasteiger partial charge is 0.203 e. The van der Waals surface area contributed by atoms with Crippen molar-refractivity contribution < 1.29 is 23.4 Å². The average Bonchev–Trinajstić information content (AvgIpc) is 2.82. The number of hydrogen-bond acceptors (Lipinski definition) is 5. The van der Waals surface area contributed by atoms with Crippen LogP contribution in [-0.2, 0) is 0 Å². The number of carbonyl (C=O) groups excluding carboxylic acids is 1. The van der Waals surface area contributed by atoms with Gasteiger partial charge in [-0.2, -0.15) is 0 Å². The van der Waals surface area contributed by atoms with E-state index >= 15 is 0 Å². The van der Waals surface area contributed by atoms with Crippen LogP contribution in [0.15, 0.2) is 72.9 Å². The molecule has 0 aliphatic heterocycles. The molecule has 0 aliphatic rings. The van der Waals surface area contributed by atoms with E-state index in [0.29, 0.717) is 22.8 Å². The van der Waals surface area contributed by atoms with Crippen molar-refractivity contribution in [3.8, 4) is 17.2 Å². The molecule has 0 aliphatic carbocycles. The number of benzene rings is 3. The van der Waals surface area contributed by atoms with Crippen LogP contribution in [0.2, 0.25) is 0 Å². The number of halogens is 1. The molecule has 0 spiro atoms. The number of ether oxygens (including phenoxy) is 3. The van der Waals surface area contributed by atoms with E-state index in [1.54, 1.807) is 27.4 Å². The molecule has 164 valence electrons. The normalized spacial score (nSPS) is 11.0. The Morgan fingerprint density at radius 2 is 1.53 bits per heavy atom. The summed E-state index contributed by atoms with van der Waals surface area (Å²) in [7, 11) is 4.72. The van der Waals surface area contributed by atoms with Crippen molar-refractivity contribution in [1.82, 2.24) is 0 Å². The fourth-order valence-electron chi connectivity index (χ4n) is 3.07. The van der Waals surface area contributed by atoms with Crippen molar-refractivity contribution in [1.29, 1.82) is 0 Å². The molecule has 0 atom stereocenters. The highest BCUT2D eigenvalue weighted by atomic mass is 19.1. The Labute approximate surface area is 186 Å². The topological polar surface area (TPSA) is 56.8 Å². The Balaban J connectivity index is 1.71. The molecule has 0 fully saturated rings. The van der Waals surface area contributed by atoms with Crippen molar-refractivity contribution in [3.63, 3.8) is 0 Å². The third-order valence-electron chi connectivity index (χ3n) is 4.64. The molecule has 0 heterocycles. The van der Waals surface area contributed by atoms with E-state index in [4.69, 9.17) is 14.2 Å². The third-order valence-corrected chi connectivity index (χ3v) is 4.64. The molecule has 32 heavy (non-hydrogen) atoms. The number of carbonyl (C=O) groups is 1. The maximum atomic E-state index is 13.3. The van der Waals surface area contributed by atoms with Crippen LogP contribution in [0, 0.1) is 5.82 Å². The van der Waals surface area contributed by atoms with Crippen LogP contribution in [0.1, 0.15) is 21.5 Å². The van der Waals surface area contributed by atoms with Gasteiger partial charge in [-0.25, -0.2) is 4.39 Å². The van der Waals surface area contributed by atoms with Crippen LogP contribution in [0.4, 0.5) is 10.1 Å². The number of rotatable bonds is 9. The van der Waals surface area contributed by atoms with E-state index in [-0.39, 0.29) is 5.78 Å². The molecule has 3 aromatic carbocycles. The van der Waals surface area contributed by atoms with Gasteiger partial charge in [0.05, 0.1) is 21.3 Å². The monoisotopic (exact) mass is 433 g/mol. The van der Waals surface area contributed by atoms with Gasteiger partial charge in [0, 0.05) is 23.5 Å². The Morgan fingerprint density at radius 3 is 2.19 bits per heavy atom. The second kappa shape index (κ2) is 10.8. The SMILES string of the molecule is COc1cc(C=Cc2cccc(N/C=C\C(=O)c3cccc(F)c3)c2)cc(OC)c1OC. The predicted octanol–water partition coefficient (Wildman–Crippen LogP) is 5.83. The van der Waals surface area contributed by atoms with Crippen LogP contribution < -0.4 is 19.5 Å². The van der Waals surface area contributed by atoms with Gasteiger partial charge in [-0.15, -0.1) is 0 Å². The zero-order valence-corrected chi connectivity index (χ0v) is 18.1. The highest BCUT2D eigenvalue weighted by Crippen LogP contribution is 2.38. The molecule has 0 amide bonds. The summed E-state index contributed by atoms with van der Waals surface area (Å²) in [6.07, 6.45) is 6.79. The minimum absolute atomic E-state index is 0.282. The van der Waals surface area contributed by atoms with E-state index in [1.807, 2.05) is 48.6 Å². The van der Waals surface area contributed by atoms with Crippen molar-refractivity contribution >= 4 is 23.6 Å². The molecule has 0 radical (unpaired) electrons. The summed E-state index contributed by atoms with van der Waals surface area (Å²) in [5.41, 5.74) is 2.94. The van der Waals surface area contributed by atoms with Crippen LogP contribution in [-0.4, -0.2) is 27.1 Å². The van der Waals surface area contributed by atoms with Crippen molar-refractivity contribution in [3.05, 3.63) is 95.4 Å². The molecular formula is C26H24FNO4. The molecule has 0 saturated carbocycles. The van der Waals surface area contributed by atoms with Gasteiger partial charge in [0.15, 0.2) is 17.3 Å². The minimum Gasteiger partial charge on any atom is -0.493 e. The average molecular weight is 433 g/mol. The third kappa shape index (κ3) is 5.76. The first kappa shape index (κ1) is 22.6. The lowest BCUT2D eigenvalue weighted by atomic mass is 10.1. The molecule has 1 N–H and O–H groups in total. The van der Waals surface area contributed by atoms with Gasteiger partial charge in [-0.3, -0.25) is 4.79 Å². The summed E-state index contributed by atoms with van der Waals surface area (Å²) in [6.45, 7) is 0. The molecule has 0 unspecified atom stereocenters. The predicted molar refractivity (Wildman–Crippen MR) is 125 cm³/mol. The minimum atomic E-state index is -0.441. The maximum Gasteiger partial charge on any atom is 0.203 e. The summed E-state index contributed by atoms with van der Waals surface area (Å²) in [6, 6.07) is 17.0. The Morgan fingerprint density at radius 1 is 0.844 bits per heavy atom. The van der Waals surface area contributed by atoms with E-state index in [1.165, 1.54) is 30.5 Å². The van der Waals surface area contributed by atoms with E-state index in [0.717, 1.165) is 16.8 Å². The summed E-state index contributed by atoms with van der Waals surface area (Å²) in [5, 5.41) is 3.06. The summed E-state index contributed by atoms with van der Waals surface area (Å²) in [4.78, 5) is 12.1. The molecule has 5 nitrogen and oxygen atoms in total. The first-order valence-corrected chi connectivity index (χ1v) is 9.85. The summed E-state index contributed by atoms with van der Waals surface area (Å²) < 4.78 is 29.4. The van der Waals surface area contributed by atoms with Gasteiger partial charge in [0.1, 0.15) is 5.82 Å².